The molecule has 1 aromatic heterocycles. The SMILES string of the molecule is CCOC(=O)c1noc(COC2CCC2)n1. The first-order valence-corrected chi connectivity index (χ1v) is 5.41. The van der Waals surface area contributed by atoms with Crippen molar-refractivity contribution in [2.45, 2.75) is 38.9 Å². The van der Waals surface area contributed by atoms with Crippen molar-refractivity contribution in [3.05, 3.63) is 11.7 Å². The van der Waals surface area contributed by atoms with Crippen LogP contribution in [0.25, 0.3) is 0 Å². The number of hydrogen-bond donors (Lipinski definition) is 0. The van der Waals surface area contributed by atoms with Crippen LogP contribution in [0.5, 0.6) is 0 Å². The predicted octanol–water partition coefficient (Wildman–Crippen LogP) is 1.32. The van der Waals surface area contributed by atoms with Crippen molar-refractivity contribution in [2.24, 2.45) is 0 Å². The molecule has 0 aliphatic heterocycles. The number of carbonyl (C=O) groups is 1. The van der Waals surface area contributed by atoms with E-state index in [2.05, 4.69) is 10.1 Å². The number of carbonyl (C=O) groups excluding carboxylic acids is 1. The van der Waals surface area contributed by atoms with Crippen molar-refractivity contribution in [3.8, 4) is 0 Å². The lowest BCUT2D eigenvalue weighted by atomic mass is 9.96. The van der Waals surface area contributed by atoms with Crippen molar-refractivity contribution in [2.75, 3.05) is 6.61 Å². The van der Waals surface area contributed by atoms with Crippen LogP contribution < -0.4 is 0 Å². The van der Waals surface area contributed by atoms with E-state index in [0.717, 1.165) is 12.8 Å². The molecule has 1 heterocycles. The van der Waals surface area contributed by atoms with Gasteiger partial charge < -0.3 is 14.0 Å². The Kier molecular flexibility index (Phi) is 3.51. The van der Waals surface area contributed by atoms with Gasteiger partial charge in [0, 0.05) is 0 Å². The molecule has 0 bridgehead atoms. The number of rotatable bonds is 5. The van der Waals surface area contributed by atoms with Gasteiger partial charge >= 0.3 is 5.97 Å². The Morgan fingerprint density at radius 1 is 1.56 bits per heavy atom. The number of esters is 1. The van der Waals surface area contributed by atoms with Crippen LogP contribution >= 0.6 is 0 Å². The van der Waals surface area contributed by atoms with E-state index in [1.807, 2.05) is 0 Å². The molecular weight excluding hydrogens is 212 g/mol. The molecule has 1 aromatic rings. The molecule has 2 rings (SSSR count). The first kappa shape index (κ1) is 11.1. The molecule has 0 spiro atoms. The van der Waals surface area contributed by atoms with Crippen molar-refractivity contribution in [3.63, 3.8) is 0 Å². The zero-order chi connectivity index (χ0) is 11.4. The summed E-state index contributed by atoms with van der Waals surface area (Å²) in [6.45, 7) is 2.27. The highest BCUT2D eigenvalue weighted by Gasteiger charge is 2.20. The third-order valence-corrected chi connectivity index (χ3v) is 2.42. The van der Waals surface area contributed by atoms with E-state index in [1.165, 1.54) is 6.42 Å². The van der Waals surface area contributed by atoms with Crippen LogP contribution in [0.4, 0.5) is 0 Å². The van der Waals surface area contributed by atoms with Crippen LogP contribution in [0, 0.1) is 0 Å². The van der Waals surface area contributed by atoms with Crippen molar-refractivity contribution < 1.29 is 18.8 Å². The number of hydrogen-bond acceptors (Lipinski definition) is 6. The van der Waals surface area contributed by atoms with E-state index in [4.69, 9.17) is 14.0 Å². The topological polar surface area (TPSA) is 74.5 Å². The second kappa shape index (κ2) is 5.07. The first-order chi connectivity index (χ1) is 7.79. The summed E-state index contributed by atoms with van der Waals surface area (Å²) in [5.41, 5.74) is 0. The highest BCUT2D eigenvalue weighted by Crippen LogP contribution is 2.22. The molecule has 6 nitrogen and oxygen atoms in total. The zero-order valence-electron chi connectivity index (χ0n) is 9.14. The molecule has 0 saturated heterocycles. The minimum Gasteiger partial charge on any atom is -0.460 e. The summed E-state index contributed by atoms with van der Waals surface area (Å²) in [6, 6.07) is 0. The molecule has 6 heteroatoms. The van der Waals surface area contributed by atoms with E-state index >= 15 is 0 Å². The van der Waals surface area contributed by atoms with Gasteiger partial charge in [0.1, 0.15) is 6.61 Å². The van der Waals surface area contributed by atoms with Gasteiger partial charge in [-0.05, 0) is 31.3 Å². The minimum atomic E-state index is -0.568. The van der Waals surface area contributed by atoms with Crippen LogP contribution in [0.3, 0.4) is 0 Å². The van der Waals surface area contributed by atoms with E-state index in [9.17, 15) is 4.79 Å². The van der Waals surface area contributed by atoms with E-state index in [1.54, 1.807) is 6.92 Å². The monoisotopic (exact) mass is 226 g/mol. The molecule has 0 unspecified atom stereocenters. The van der Waals surface area contributed by atoms with E-state index < -0.39 is 5.97 Å². The van der Waals surface area contributed by atoms with Gasteiger partial charge in [0.25, 0.3) is 11.7 Å². The van der Waals surface area contributed by atoms with Crippen LogP contribution in [-0.2, 0) is 16.1 Å². The fourth-order valence-electron chi connectivity index (χ4n) is 1.32. The molecule has 88 valence electrons. The molecule has 0 radical (unpaired) electrons. The van der Waals surface area contributed by atoms with E-state index in [-0.39, 0.29) is 12.4 Å². The van der Waals surface area contributed by atoms with Gasteiger partial charge in [-0.15, -0.1) is 0 Å². The van der Waals surface area contributed by atoms with Gasteiger partial charge in [-0.2, -0.15) is 4.98 Å². The standard InChI is InChI=1S/C10H14N2O4/c1-2-14-10(13)9-11-8(16-12-9)6-15-7-4-3-5-7/h7H,2-6H2,1H3. The summed E-state index contributed by atoms with van der Waals surface area (Å²) >= 11 is 0. The van der Waals surface area contributed by atoms with Gasteiger partial charge in [0.15, 0.2) is 0 Å². The van der Waals surface area contributed by atoms with Crippen LogP contribution in [-0.4, -0.2) is 28.8 Å². The lowest BCUT2D eigenvalue weighted by molar-refractivity contribution is -0.0192. The largest absolute Gasteiger partial charge is 0.460 e. The maximum Gasteiger partial charge on any atom is 0.379 e. The number of nitrogens with zero attached hydrogens (tertiary/aromatic N) is 2. The Morgan fingerprint density at radius 3 is 3.00 bits per heavy atom. The quantitative estimate of drug-likeness (QED) is 0.705. The highest BCUT2D eigenvalue weighted by molar-refractivity contribution is 5.84. The second-order valence-corrected chi connectivity index (χ2v) is 3.60. The fourth-order valence-corrected chi connectivity index (χ4v) is 1.32. The Morgan fingerprint density at radius 2 is 2.38 bits per heavy atom. The summed E-state index contributed by atoms with van der Waals surface area (Å²) in [5.74, 6) is -0.301. The molecule has 1 saturated carbocycles. The third kappa shape index (κ3) is 2.57. The first-order valence-electron chi connectivity index (χ1n) is 5.41. The number of ether oxygens (including phenoxy) is 2. The zero-order valence-corrected chi connectivity index (χ0v) is 9.14. The molecule has 0 amide bonds. The molecule has 1 fully saturated rings. The average Bonchev–Trinajstić information content (AvgIpc) is 2.64. The molecule has 1 aliphatic carbocycles. The maximum absolute atomic E-state index is 11.2. The molecule has 0 atom stereocenters. The Bertz CT molecular complexity index is 359. The third-order valence-electron chi connectivity index (χ3n) is 2.42. The highest BCUT2D eigenvalue weighted by atomic mass is 16.5. The van der Waals surface area contributed by atoms with Gasteiger partial charge in [-0.1, -0.05) is 0 Å². The lowest BCUT2D eigenvalue weighted by Gasteiger charge is -2.24. The Labute approximate surface area is 92.9 Å². The molecule has 0 N–H and O–H groups in total. The summed E-state index contributed by atoms with van der Waals surface area (Å²) in [6.07, 6.45) is 3.68. The van der Waals surface area contributed by atoms with E-state index in [0.29, 0.717) is 18.6 Å². The van der Waals surface area contributed by atoms with Crippen LogP contribution in [0.1, 0.15) is 42.7 Å². The second-order valence-electron chi connectivity index (χ2n) is 3.60. The average molecular weight is 226 g/mol. The molecule has 16 heavy (non-hydrogen) atoms. The molecule has 1 aliphatic rings. The smallest absolute Gasteiger partial charge is 0.379 e. The predicted molar refractivity (Wildman–Crippen MR) is 52.7 cm³/mol. The van der Waals surface area contributed by atoms with Crippen molar-refractivity contribution in [1.82, 2.24) is 10.1 Å². The maximum atomic E-state index is 11.2. The van der Waals surface area contributed by atoms with Crippen molar-refractivity contribution >= 4 is 5.97 Å². The van der Waals surface area contributed by atoms with Gasteiger partial charge in [-0.25, -0.2) is 4.79 Å². The molecule has 0 aromatic carbocycles. The Balaban J connectivity index is 1.83. The summed E-state index contributed by atoms with van der Waals surface area (Å²) in [5, 5.41) is 3.52. The lowest BCUT2D eigenvalue weighted by Crippen LogP contribution is -2.21. The van der Waals surface area contributed by atoms with Crippen LogP contribution in [0.15, 0.2) is 4.52 Å². The fraction of sp³-hybridized carbons (Fsp3) is 0.700. The summed E-state index contributed by atoms with van der Waals surface area (Å²) in [7, 11) is 0. The van der Waals surface area contributed by atoms with Gasteiger partial charge in [-0.3, -0.25) is 0 Å². The summed E-state index contributed by atoms with van der Waals surface area (Å²) in [4.78, 5) is 15.1. The molecular formula is C10H14N2O4. The Hall–Kier alpha value is -1.43. The minimum absolute atomic E-state index is 0.0472. The summed E-state index contributed by atoms with van der Waals surface area (Å²) < 4.78 is 15.1. The van der Waals surface area contributed by atoms with Crippen LogP contribution in [0.2, 0.25) is 0 Å². The normalized spacial score (nSPS) is 15.8. The van der Waals surface area contributed by atoms with Gasteiger partial charge in [0.2, 0.25) is 0 Å². The number of aromatic nitrogens is 2. The van der Waals surface area contributed by atoms with Crippen molar-refractivity contribution in [1.29, 1.82) is 0 Å². The van der Waals surface area contributed by atoms with Gasteiger partial charge in [0.05, 0.1) is 12.7 Å².